The van der Waals surface area contributed by atoms with Crippen molar-refractivity contribution in [1.29, 1.82) is 0 Å². The maximum absolute atomic E-state index is 3.62. The van der Waals surface area contributed by atoms with Gasteiger partial charge >= 0.3 is 0 Å². The number of hydrogen-bond acceptors (Lipinski definition) is 1. The minimum Gasteiger partial charge on any atom is -0.310 e. The quantitative estimate of drug-likeness (QED) is 0.792. The lowest BCUT2D eigenvalue weighted by Crippen LogP contribution is -2.20. The zero-order chi connectivity index (χ0) is 11.5. The molecule has 1 nitrogen and oxygen atoms in total. The molecular formula is C15H23N. The molecule has 1 aliphatic rings. The first-order valence-electron chi connectivity index (χ1n) is 6.47. The van der Waals surface area contributed by atoms with Gasteiger partial charge in [0.05, 0.1) is 0 Å². The van der Waals surface area contributed by atoms with Crippen molar-refractivity contribution in [3.05, 3.63) is 34.9 Å². The Morgan fingerprint density at radius 2 is 2.00 bits per heavy atom. The Balaban J connectivity index is 1.86. The number of aryl methyl sites for hydroxylation is 2. The van der Waals surface area contributed by atoms with Gasteiger partial charge in [-0.05, 0) is 56.3 Å². The molecule has 0 amide bonds. The standard InChI is InChI=1S/C15H23N/c1-11-4-7-15(10-12(11)2)13(3)16-9-8-14-5-6-14/h4,7,10,13-14,16H,5-6,8-9H2,1-3H3. The van der Waals surface area contributed by atoms with E-state index in [0.29, 0.717) is 6.04 Å². The highest BCUT2D eigenvalue weighted by Gasteiger charge is 2.20. The molecule has 0 aromatic heterocycles. The molecule has 1 heteroatoms. The Bertz CT molecular complexity index is 352. The molecule has 1 aromatic carbocycles. The summed E-state index contributed by atoms with van der Waals surface area (Å²) >= 11 is 0. The molecule has 0 heterocycles. The van der Waals surface area contributed by atoms with E-state index in [1.807, 2.05) is 0 Å². The second-order valence-electron chi connectivity index (χ2n) is 5.25. The second-order valence-corrected chi connectivity index (χ2v) is 5.25. The van der Waals surface area contributed by atoms with Crippen LogP contribution in [-0.2, 0) is 0 Å². The van der Waals surface area contributed by atoms with Crippen molar-refractivity contribution in [3.8, 4) is 0 Å². The zero-order valence-corrected chi connectivity index (χ0v) is 10.7. The first-order valence-corrected chi connectivity index (χ1v) is 6.47. The third-order valence-corrected chi connectivity index (χ3v) is 3.73. The Morgan fingerprint density at radius 3 is 2.62 bits per heavy atom. The van der Waals surface area contributed by atoms with Gasteiger partial charge in [-0.1, -0.05) is 31.0 Å². The van der Waals surface area contributed by atoms with E-state index < -0.39 is 0 Å². The highest BCUT2D eigenvalue weighted by molar-refractivity contribution is 5.31. The number of hydrogen-bond donors (Lipinski definition) is 1. The van der Waals surface area contributed by atoms with E-state index in [2.05, 4.69) is 44.3 Å². The minimum absolute atomic E-state index is 0.484. The van der Waals surface area contributed by atoms with Crippen LogP contribution in [0.3, 0.4) is 0 Å². The number of rotatable bonds is 5. The molecule has 0 bridgehead atoms. The summed E-state index contributed by atoms with van der Waals surface area (Å²) in [7, 11) is 0. The number of nitrogens with one attached hydrogen (secondary N) is 1. The van der Waals surface area contributed by atoms with E-state index >= 15 is 0 Å². The summed E-state index contributed by atoms with van der Waals surface area (Å²) in [4.78, 5) is 0. The van der Waals surface area contributed by atoms with Crippen LogP contribution in [0.1, 0.15) is 48.9 Å². The summed E-state index contributed by atoms with van der Waals surface area (Å²) in [5.41, 5.74) is 4.20. The molecule has 1 aromatic rings. The SMILES string of the molecule is Cc1ccc(C(C)NCCC2CC2)cc1C. The van der Waals surface area contributed by atoms with Crippen LogP contribution in [0.25, 0.3) is 0 Å². The first-order chi connectivity index (χ1) is 7.66. The maximum Gasteiger partial charge on any atom is 0.0291 e. The summed E-state index contributed by atoms with van der Waals surface area (Å²) < 4.78 is 0. The molecule has 1 aliphatic carbocycles. The molecular weight excluding hydrogens is 194 g/mol. The van der Waals surface area contributed by atoms with Crippen molar-refractivity contribution in [2.24, 2.45) is 5.92 Å². The van der Waals surface area contributed by atoms with Gasteiger partial charge in [0.25, 0.3) is 0 Å². The minimum atomic E-state index is 0.484. The largest absolute Gasteiger partial charge is 0.310 e. The Kier molecular flexibility index (Phi) is 3.65. The molecule has 1 unspecified atom stereocenters. The average Bonchev–Trinajstić information content (AvgIpc) is 3.06. The highest BCUT2D eigenvalue weighted by Crippen LogP contribution is 2.32. The van der Waals surface area contributed by atoms with E-state index in [1.165, 1.54) is 42.5 Å². The molecule has 1 saturated carbocycles. The fraction of sp³-hybridized carbons (Fsp3) is 0.600. The van der Waals surface area contributed by atoms with Crippen LogP contribution in [0.4, 0.5) is 0 Å². The van der Waals surface area contributed by atoms with Crippen LogP contribution in [0.5, 0.6) is 0 Å². The monoisotopic (exact) mass is 217 g/mol. The third kappa shape index (κ3) is 3.08. The van der Waals surface area contributed by atoms with Gasteiger partial charge in [0.15, 0.2) is 0 Å². The topological polar surface area (TPSA) is 12.0 Å². The Labute approximate surface area is 99.3 Å². The fourth-order valence-electron chi connectivity index (χ4n) is 2.06. The highest BCUT2D eigenvalue weighted by atomic mass is 14.9. The van der Waals surface area contributed by atoms with Crippen molar-refractivity contribution in [2.45, 2.75) is 46.1 Å². The molecule has 2 rings (SSSR count). The molecule has 16 heavy (non-hydrogen) atoms. The van der Waals surface area contributed by atoms with Crippen LogP contribution in [0, 0.1) is 19.8 Å². The smallest absolute Gasteiger partial charge is 0.0291 e. The van der Waals surface area contributed by atoms with Gasteiger partial charge in [0.2, 0.25) is 0 Å². The molecule has 1 fully saturated rings. The molecule has 0 spiro atoms. The summed E-state index contributed by atoms with van der Waals surface area (Å²) in [6.07, 6.45) is 4.27. The number of benzene rings is 1. The maximum atomic E-state index is 3.62. The van der Waals surface area contributed by atoms with Crippen molar-refractivity contribution in [1.82, 2.24) is 5.32 Å². The lowest BCUT2D eigenvalue weighted by Gasteiger charge is -2.15. The van der Waals surface area contributed by atoms with Crippen LogP contribution in [0.2, 0.25) is 0 Å². The van der Waals surface area contributed by atoms with Crippen molar-refractivity contribution >= 4 is 0 Å². The van der Waals surface area contributed by atoms with Crippen LogP contribution in [0.15, 0.2) is 18.2 Å². The molecule has 0 saturated heterocycles. The predicted molar refractivity (Wildman–Crippen MR) is 69.7 cm³/mol. The lowest BCUT2D eigenvalue weighted by molar-refractivity contribution is 0.539. The molecule has 88 valence electrons. The Hall–Kier alpha value is -0.820. The van der Waals surface area contributed by atoms with Gasteiger partial charge in [0, 0.05) is 6.04 Å². The van der Waals surface area contributed by atoms with E-state index in [9.17, 15) is 0 Å². The van der Waals surface area contributed by atoms with Crippen molar-refractivity contribution in [3.63, 3.8) is 0 Å². The van der Waals surface area contributed by atoms with Gasteiger partial charge in [0.1, 0.15) is 0 Å². The van der Waals surface area contributed by atoms with E-state index in [-0.39, 0.29) is 0 Å². The van der Waals surface area contributed by atoms with E-state index in [4.69, 9.17) is 0 Å². The van der Waals surface area contributed by atoms with E-state index in [1.54, 1.807) is 0 Å². The van der Waals surface area contributed by atoms with Crippen molar-refractivity contribution < 1.29 is 0 Å². The van der Waals surface area contributed by atoms with Crippen LogP contribution >= 0.6 is 0 Å². The first kappa shape index (κ1) is 11.7. The zero-order valence-electron chi connectivity index (χ0n) is 10.7. The van der Waals surface area contributed by atoms with Crippen LogP contribution in [-0.4, -0.2) is 6.54 Å². The fourth-order valence-corrected chi connectivity index (χ4v) is 2.06. The lowest BCUT2D eigenvalue weighted by atomic mass is 10.0. The summed E-state index contributed by atoms with van der Waals surface area (Å²) in [5.74, 6) is 1.03. The Morgan fingerprint density at radius 1 is 1.25 bits per heavy atom. The van der Waals surface area contributed by atoms with Gasteiger partial charge < -0.3 is 5.32 Å². The molecule has 1 atom stereocenters. The van der Waals surface area contributed by atoms with Gasteiger partial charge in [-0.3, -0.25) is 0 Å². The molecule has 0 radical (unpaired) electrons. The molecule has 1 N–H and O–H groups in total. The summed E-state index contributed by atoms with van der Waals surface area (Å²) in [5, 5.41) is 3.62. The van der Waals surface area contributed by atoms with Gasteiger partial charge in [-0.25, -0.2) is 0 Å². The van der Waals surface area contributed by atoms with Gasteiger partial charge in [-0.15, -0.1) is 0 Å². The average molecular weight is 217 g/mol. The summed E-state index contributed by atoms with van der Waals surface area (Å²) in [6, 6.07) is 7.27. The third-order valence-electron chi connectivity index (χ3n) is 3.73. The normalized spacial score (nSPS) is 17.4. The van der Waals surface area contributed by atoms with E-state index in [0.717, 1.165) is 5.92 Å². The summed E-state index contributed by atoms with van der Waals surface area (Å²) in [6.45, 7) is 7.79. The predicted octanol–water partition coefficient (Wildman–Crippen LogP) is 3.75. The van der Waals surface area contributed by atoms with Gasteiger partial charge in [-0.2, -0.15) is 0 Å². The van der Waals surface area contributed by atoms with Crippen molar-refractivity contribution in [2.75, 3.05) is 6.54 Å². The second kappa shape index (κ2) is 5.01. The molecule has 0 aliphatic heterocycles. The van der Waals surface area contributed by atoms with Crippen LogP contribution < -0.4 is 5.32 Å².